The summed E-state index contributed by atoms with van der Waals surface area (Å²) in [6.45, 7) is 1.71. The monoisotopic (exact) mass is 447 g/mol. The quantitative estimate of drug-likeness (QED) is 0.652. The van der Waals surface area contributed by atoms with Gasteiger partial charge in [-0.15, -0.1) is 0 Å². The maximum absolute atomic E-state index is 14.5. The van der Waals surface area contributed by atoms with Crippen LogP contribution in [0.1, 0.15) is 35.7 Å². The molecule has 3 amide bonds. The molecule has 0 spiro atoms. The maximum atomic E-state index is 14.5. The summed E-state index contributed by atoms with van der Waals surface area (Å²) in [6, 6.07) is 11.6. The summed E-state index contributed by atoms with van der Waals surface area (Å²) < 4.78 is 16.0. The highest BCUT2D eigenvalue weighted by atomic mass is 19.1. The van der Waals surface area contributed by atoms with E-state index in [1.165, 1.54) is 17.3 Å². The summed E-state index contributed by atoms with van der Waals surface area (Å²) in [5, 5.41) is 2.76. The van der Waals surface area contributed by atoms with E-state index in [0.29, 0.717) is 35.3 Å². The number of hydrogen-bond donors (Lipinski definition) is 1. The zero-order valence-electron chi connectivity index (χ0n) is 18.0. The molecule has 1 fully saturated rings. The largest absolute Gasteiger partial charge is 0.350 e. The minimum absolute atomic E-state index is 0.0729. The fraction of sp³-hybridized carbons (Fsp3) is 0.250. The van der Waals surface area contributed by atoms with Crippen molar-refractivity contribution in [3.63, 3.8) is 0 Å². The van der Waals surface area contributed by atoms with Gasteiger partial charge in [-0.25, -0.2) is 9.37 Å². The molecule has 9 heteroatoms. The van der Waals surface area contributed by atoms with Crippen LogP contribution in [0.25, 0.3) is 5.69 Å². The Morgan fingerprint density at radius 2 is 2.00 bits per heavy atom. The Hall–Kier alpha value is -4.01. The van der Waals surface area contributed by atoms with E-state index < -0.39 is 11.5 Å². The average Bonchev–Trinajstić information content (AvgIpc) is 3.44. The van der Waals surface area contributed by atoms with Crippen molar-refractivity contribution in [1.29, 1.82) is 0 Å². The van der Waals surface area contributed by atoms with Gasteiger partial charge in [-0.1, -0.05) is 18.2 Å². The first kappa shape index (κ1) is 20.9. The summed E-state index contributed by atoms with van der Waals surface area (Å²) in [7, 11) is 0. The van der Waals surface area contributed by atoms with Crippen LogP contribution in [-0.2, 0) is 16.1 Å². The molecule has 0 bridgehead atoms. The third kappa shape index (κ3) is 3.45. The number of imidazole rings is 1. The first-order valence-electron chi connectivity index (χ1n) is 10.7. The zero-order valence-corrected chi connectivity index (χ0v) is 18.0. The Bertz CT molecular complexity index is 1260. The van der Waals surface area contributed by atoms with Crippen molar-refractivity contribution in [2.75, 3.05) is 11.4 Å². The summed E-state index contributed by atoms with van der Waals surface area (Å²) >= 11 is 0. The molecule has 1 unspecified atom stereocenters. The van der Waals surface area contributed by atoms with Crippen LogP contribution in [0.4, 0.5) is 10.1 Å². The summed E-state index contributed by atoms with van der Waals surface area (Å²) in [5.74, 6) is -1.18. The molecule has 168 valence electrons. The molecule has 1 N–H and O–H groups in total. The SMILES string of the molecule is CC12CCC(=O)N1c1ccccc1C(=O)N2CC(=O)NCc1ccc(-n2ccnc2)c(F)c1. The molecule has 3 heterocycles. The van der Waals surface area contributed by atoms with Gasteiger partial charge in [-0.2, -0.15) is 0 Å². The predicted octanol–water partition coefficient (Wildman–Crippen LogP) is 2.63. The molecule has 0 radical (unpaired) electrons. The molecule has 5 rings (SSSR count). The standard InChI is InChI=1S/C24H22FN5O3/c1-24-9-8-22(32)30(24)19-5-3-2-4-17(19)23(33)29(24)14-21(31)27-13-16-6-7-20(18(25)12-16)28-11-10-26-15-28/h2-7,10-12,15H,8-9,13-14H2,1H3,(H,27,31). The lowest BCUT2D eigenvalue weighted by molar-refractivity contribution is -0.124. The molecule has 2 aliphatic heterocycles. The third-order valence-electron chi connectivity index (χ3n) is 6.33. The minimum Gasteiger partial charge on any atom is -0.350 e. The average molecular weight is 447 g/mol. The van der Waals surface area contributed by atoms with Gasteiger partial charge in [0.25, 0.3) is 5.91 Å². The Morgan fingerprint density at radius 1 is 1.18 bits per heavy atom. The van der Waals surface area contributed by atoms with Gasteiger partial charge >= 0.3 is 0 Å². The fourth-order valence-electron chi connectivity index (χ4n) is 4.61. The number of halogens is 1. The van der Waals surface area contributed by atoms with E-state index in [-0.39, 0.29) is 30.8 Å². The molecule has 0 aliphatic carbocycles. The summed E-state index contributed by atoms with van der Waals surface area (Å²) in [4.78, 5) is 45.6. The third-order valence-corrected chi connectivity index (χ3v) is 6.33. The van der Waals surface area contributed by atoms with Crippen LogP contribution in [-0.4, -0.2) is 44.4 Å². The number of hydrogen-bond acceptors (Lipinski definition) is 4. The number of fused-ring (bicyclic) bond motifs is 3. The molecular formula is C24H22FN5O3. The van der Waals surface area contributed by atoms with Crippen molar-refractivity contribution < 1.29 is 18.8 Å². The molecular weight excluding hydrogens is 425 g/mol. The number of carbonyl (C=O) groups excluding carboxylic acids is 3. The van der Waals surface area contributed by atoms with Gasteiger partial charge < -0.3 is 14.8 Å². The highest BCUT2D eigenvalue weighted by Gasteiger charge is 2.53. The van der Waals surface area contributed by atoms with Gasteiger partial charge in [0.1, 0.15) is 18.0 Å². The van der Waals surface area contributed by atoms with Crippen LogP contribution in [0.3, 0.4) is 0 Å². The molecule has 3 aromatic rings. The molecule has 33 heavy (non-hydrogen) atoms. The van der Waals surface area contributed by atoms with Gasteiger partial charge in [0.2, 0.25) is 11.8 Å². The van der Waals surface area contributed by atoms with E-state index in [1.807, 2.05) is 6.92 Å². The highest BCUT2D eigenvalue weighted by Crippen LogP contribution is 2.43. The van der Waals surface area contributed by atoms with Crippen molar-refractivity contribution in [2.45, 2.75) is 32.0 Å². The number of para-hydroxylation sites is 1. The summed E-state index contributed by atoms with van der Waals surface area (Å²) in [5.41, 5.74) is 1.02. The second-order valence-electron chi connectivity index (χ2n) is 8.39. The molecule has 1 atom stereocenters. The van der Waals surface area contributed by atoms with Crippen LogP contribution in [0.5, 0.6) is 0 Å². The molecule has 1 aromatic heterocycles. The lowest BCUT2D eigenvalue weighted by atomic mass is 9.98. The van der Waals surface area contributed by atoms with Crippen molar-refractivity contribution in [3.8, 4) is 5.69 Å². The number of anilines is 1. The number of nitrogens with zero attached hydrogens (tertiary/aromatic N) is 4. The van der Waals surface area contributed by atoms with E-state index in [4.69, 9.17) is 0 Å². The van der Waals surface area contributed by atoms with E-state index in [9.17, 15) is 18.8 Å². The van der Waals surface area contributed by atoms with E-state index in [0.717, 1.165) is 0 Å². The normalized spacial score (nSPS) is 19.5. The van der Waals surface area contributed by atoms with Gasteiger partial charge in [0.15, 0.2) is 0 Å². The van der Waals surface area contributed by atoms with Crippen molar-refractivity contribution >= 4 is 23.4 Å². The maximum Gasteiger partial charge on any atom is 0.258 e. The zero-order chi connectivity index (χ0) is 23.2. The minimum atomic E-state index is -0.904. The Morgan fingerprint density at radius 3 is 2.76 bits per heavy atom. The fourth-order valence-corrected chi connectivity index (χ4v) is 4.61. The molecule has 1 saturated heterocycles. The van der Waals surface area contributed by atoms with Crippen molar-refractivity contribution in [2.24, 2.45) is 0 Å². The topological polar surface area (TPSA) is 87.5 Å². The second kappa shape index (κ2) is 7.84. The number of aromatic nitrogens is 2. The smallest absolute Gasteiger partial charge is 0.258 e. The Labute approximate surface area is 189 Å². The van der Waals surface area contributed by atoms with Gasteiger partial charge in [-0.05, 0) is 43.2 Å². The number of carbonyl (C=O) groups is 3. The highest BCUT2D eigenvalue weighted by molar-refractivity contribution is 6.11. The van der Waals surface area contributed by atoms with E-state index in [1.54, 1.807) is 58.3 Å². The lowest BCUT2D eigenvalue weighted by Gasteiger charge is -2.48. The molecule has 2 aromatic carbocycles. The van der Waals surface area contributed by atoms with Crippen molar-refractivity contribution in [3.05, 3.63) is 78.1 Å². The number of amides is 3. The van der Waals surface area contributed by atoms with Crippen LogP contribution in [0.15, 0.2) is 61.2 Å². The van der Waals surface area contributed by atoms with Crippen LogP contribution < -0.4 is 10.2 Å². The molecule has 2 aliphatic rings. The van der Waals surface area contributed by atoms with Crippen LogP contribution >= 0.6 is 0 Å². The van der Waals surface area contributed by atoms with Gasteiger partial charge in [0.05, 0.1) is 23.3 Å². The summed E-state index contributed by atoms with van der Waals surface area (Å²) in [6.07, 6.45) is 5.46. The number of benzene rings is 2. The lowest BCUT2D eigenvalue weighted by Crippen LogP contribution is -2.63. The first-order chi connectivity index (χ1) is 15.9. The Balaban J connectivity index is 1.31. The number of nitrogens with one attached hydrogen (secondary N) is 1. The molecule has 8 nitrogen and oxygen atoms in total. The van der Waals surface area contributed by atoms with Gasteiger partial charge in [0, 0.05) is 25.4 Å². The van der Waals surface area contributed by atoms with Gasteiger partial charge in [-0.3, -0.25) is 19.3 Å². The number of rotatable bonds is 5. The van der Waals surface area contributed by atoms with E-state index in [2.05, 4.69) is 10.3 Å². The van der Waals surface area contributed by atoms with Crippen LogP contribution in [0, 0.1) is 5.82 Å². The predicted molar refractivity (Wildman–Crippen MR) is 118 cm³/mol. The second-order valence-corrected chi connectivity index (χ2v) is 8.39. The van der Waals surface area contributed by atoms with Crippen molar-refractivity contribution in [1.82, 2.24) is 19.8 Å². The Kier molecular flexibility index (Phi) is 4.96. The first-order valence-corrected chi connectivity index (χ1v) is 10.7. The van der Waals surface area contributed by atoms with E-state index >= 15 is 0 Å². The molecule has 0 saturated carbocycles. The van der Waals surface area contributed by atoms with Crippen LogP contribution in [0.2, 0.25) is 0 Å².